The van der Waals surface area contributed by atoms with Gasteiger partial charge in [-0.15, -0.1) is 0 Å². The molecular weight excluding hydrogens is 638 g/mol. The molecule has 3 aromatic carbocycles. The predicted molar refractivity (Wildman–Crippen MR) is 161 cm³/mol. The van der Waals surface area contributed by atoms with Crippen LogP contribution in [0.2, 0.25) is 0 Å². The minimum Gasteiger partial charge on any atom is -1.00 e. The maximum atomic E-state index is 13.9. The predicted octanol–water partition coefficient (Wildman–Crippen LogP) is 2.96. The van der Waals surface area contributed by atoms with Crippen molar-refractivity contribution in [2.75, 3.05) is 0 Å². The normalized spacial score (nSPS) is 28.2. The summed E-state index contributed by atoms with van der Waals surface area (Å²) in [5, 5.41) is 0. The SMILES string of the molecule is CC1=[C](/[Zr+2](=[CH]/c2ccc(F)cc2)[c]2cccc3c2Cc2ccccc2-3)C(C)C=C1CC12CC3CC(CC(C3)C1)C2.[Cl-].[Cl-]. The third-order valence-corrected chi connectivity index (χ3v) is 18.7. The molecular formula is C38H39Cl2FZr. The summed E-state index contributed by atoms with van der Waals surface area (Å²) in [5.74, 6) is 3.35. The van der Waals surface area contributed by atoms with Crippen molar-refractivity contribution in [3.63, 3.8) is 0 Å². The van der Waals surface area contributed by atoms with Gasteiger partial charge in [0.05, 0.1) is 0 Å². The Labute approximate surface area is 270 Å². The first-order valence-electron chi connectivity index (χ1n) is 15.5. The van der Waals surface area contributed by atoms with Crippen molar-refractivity contribution in [1.29, 1.82) is 0 Å². The van der Waals surface area contributed by atoms with Crippen LogP contribution in [0.4, 0.5) is 4.39 Å². The number of hydrogen-bond acceptors (Lipinski definition) is 0. The van der Waals surface area contributed by atoms with E-state index < -0.39 is 21.3 Å². The molecule has 3 aromatic rings. The molecule has 216 valence electrons. The van der Waals surface area contributed by atoms with E-state index in [0.29, 0.717) is 11.3 Å². The van der Waals surface area contributed by atoms with Crippen LogP contribution in [0.5, 0.6) is 0 Å². The Hall–Kier alpha value is -1.60. The Balaban J connectivity index is 0.00000158. The summed E-state index contributed by atoms with van der Waals surface area (Å²) < 4.78 is 19.9. The van der Waals surface area contributed by atoms with Gasteiger partial charge >= 0.3 is 248 Å². The molecule has 4 heteroatoms. The van der Waals surface area contributed by atoms with E-state index in [0.717, 1.165) is 24.2 Å². The molecule has 0 N–H and O–H groups in total. The first-order chi connectivity index (χ1) is 19.4. The third-order valence-electron chi connectivity index (χ3n) is 11.1. The molecule has 0 amide bonds. The first kappa shape index (κ1) is 30.4. The number of benzene rings is 3. The van der Waals surface area contributed by atoms with Crippen LogP contribution in [0.25, 0.3) is 11.1 Å². The molecule has 0 radical (unpaired) electrons. The van der Waals surface area contributed by atoms with Crippen LogP contribution < -0.4 is 28.1 Å². The standard InChI is InChI=1S/C18H25.C13H9.C7H5F.2ClH.Zr/c1-12-3-13(2)17(4-12)11-18-8-14-5-15(9-18)7-16(6-14)10-18;1-3-7-12-10(5-1)9-11-6-2-4-8-13(11)12;1-6-2-4-7(8)5-3-6;;;/h4,12,14-16H,5-11H2,1-2H3;1-5,7-8H,9H2;1-5H;2*1H;/q;;;;;+2/p-2. The van der Waals surface area contributed by atoms with Gasteiger partial charge in [0.2, 0.25) is 0 Å². The molecule has 0 nitrogen and oxygen atoms in total. The molecule has 4 fully saturated rings. The second-order valence-electron chi connectivity index (χ2n) is 13.9. The van der Waals surface area contributed by atoms with Gasteiger partial charge in [0.15, 0.2) is 0 Å². The number of fused-ring (bicyclic) bond motifs is 3. The number of hydrogen-bond donors (Lipinski definition) is 0. The summed E-state index contributed by atoms with van der Waals surface area (Å²) in [6.45, 7) is 4.92. The number of allylic oxidation sites excluding steroid dienone is 4. The summed E-state index contributed by atoms with van der Waals surface area (Å²) in [4.78, 5) is 0. The summed E-state index contributed by atoms with van der Waals surface area (Å²) in [6, 6.07) is 23.3. The fourth-order valence-corrected chi connectivity index (χ4v) is 17.6. The monoisotopic (exact) mass is 674 g/mol. The van der Waals surface area contributed by atoms with Crippen LogP contribution in [-0.4, -0.2) is 3.71 Å². The maximum absolute atomic E-state index is 13.9. The molecule has 4 saturated carbocycles. The smallest absolute Gasteiger partial charge is 1.00 e. The molecule has 0 aromatic heterocycles. The summed E-state index contributed by atoms with van der Waals surface area (Å²) in [7, 11) is 0. The third kappa shape index (κ3) is 5.22. The molecule has 1 unspecified atom stereocenters. The fourth-order valence-electron chi connectivity index (χ4n) is 10.0. The summed E-state index contributed by atoms with van der Waals surface area (Å²) in [6.07, 6.45) is 14.0. The Bertz CT molecular complexity index is 1580. The Morgan fingerprint density at radius 2 is 1.48 bits per heavy atom. The van der Waals surface area contributed by atoms with Crippen molar-refractivity contribution in [3.8, 4) is 11.1 Å². The Morgan fingerprint density at radius 1 is 0.833 bits per heavy atom. The van der Waals surface area contributed by atoms with Gasteiger partial charge in [-0.3, -0.25) is 0 Å². The van der Waals surface area contributed by atoms with Crippen molar-refractivity contribution < 1.29 is 50.5 Å². The number of halogens is 3. The van der Waals surface area contributed by atoms with Gasteiger partial charge < -0.3 is 24.8 Å². The second-order valence-corrected chi connectivity index (χ2v) is 19.3. The van der Waals surface area contributed by atoms with Crippen LogP contribution >= 0.6 is 0 Å². The minimum absolute atomic E-state index is 0. The van der Waals surface area contributed by atoms with Gasteiger partial charge in [0, 0.05) is 0 Å². The molecule has 0 heterocycles. The number of rotatable bonds is 5. The van der Waals surface area contributed by atoms with Crippen LogP contribution in [0.15, 0.2) is 87.2 Å². The van der Waals surface area contributed by atoms with Crippen LogP contribution in [0.1, 0.15) is 75.5 Å². The second kappa shape index (κ2) is 11.7. The summed E-state index contributed by atoms with van der Waals surface area (Å²) >= 11 is -2.52. The molecule has 1 atom stereocenters. The molecule has 0 aliphatic heterocycles. The Morgan fingerprint density at radius 3 is 2.17 bits per heavy atom. The van der Waals surface area contributed by atoms with Crippen molar-refractivity contribution >= 4 is 6.98 Å². The van der Waals surface area contributed by atoms with Gasteiger partial charge in [-0.2, -0.15) is 0 Å². The Kier molecular flexibility index (Phi) is 8.49. The van der Waals surface area contributed by atoms with Gasteiger partial charge in [-0.25, -0.2) is 0 Å². The van der Waals surface area contributed by atoms with Crippen molar-refractivity contribution in [2.24, 2.45) is 29.1 Å². The van der Waals surface area contributed by atoms with Crippen LogP contribution in [-0.2, 0) is 27.7 Å². The zero-order valence-electron chi connectivity index (χ0n) is 24.6. The minimum atomic E-state index is -2.52. The van der Waals surface area contributed by atoms with Crippen LogP contribution in [0.3, 0.4) is 0 Å². The topological polar surface area (TPSA) is 0 Å². The van der Waals surface area contributed by atoms with Crippen LogP contribution in [0, 0.1) is 34.9 Å². The molecule has 42 heavy (non-hydrogen) atoms. The van der Waals surface area contributed by atoms with E-state index in [1.54, 1.807) is 35.4 Å². The van der Waals surface area contributed by atoms with Gasteiger partial charge in [-0.1, -0.05) is 0 Å². The zero-order valence-corrected chi connectivity index (χ0v) is 28.6. The van der Waals surface area contributed by atoms with Gasteiger partial charge in [0.1, 0.15) is 0 Å². The van der Waals surface area contributed by atoms with E-state index in [1.807, 2.05) is 12.1 Å². The fraction of sp³-hybridized carbons (Fsp3) is 0.395. The molecule has 6 aliphatic rings. The molecule has 9 rings (SSSR count). The largest absolute Gasteiger partial charge is 1.00 e. The van der Waals surface area contributed by atoms with E-state index in [9.17, 15) is 4.39 Å². The molecule has 0 saturated heterocycles. The average molecular weight is 677 g/mol. The van der Waals surface area contributed by atoms with E-state index in [4.69, 9.17) is 0 Å². The van der Waals surface area contributed by atoms with Crippen molar-refractivity contribution in [3.05, 3.63) is 110 Å². The average Bonchev–Trinajstić information content (AvgIpc) is 3.44. The van der Waals surface area contributed by atoms with E-state index >= 15 is 0 Å². The maximum Gasteiger partial charge on any atom is -1.00 e. The van der Waals surface area contributed by atoms with E-state index in [2.05, 4.69) is 66.1 Å². The quantitative estimate of drug-likeness (QED) is 0.305. The molecule has 0 spiro atoms. The zero-order chi connectivity index (χ0) is 27.0. The summed E-state index contributed by atoms with van der Waals surface area (Å²) in [5.41, 5.74) is 10.9. The van der Waals surface area contributed by atoms with E-state index in [1.165, 1.54) is 67.2 Å². The molecule has 4 bridgehead atoms. The van der Waals surface area contributed by atoms with E-state index in [-0.39, 0.29) is 30.6 Å². The van der Waals surface area contributed by atoms with Gasteiger partial charge in [-0.05, 0) is 0 Å². The van der Waals surface area contributed by atoms with Gasteiger partial charge in [0.25, 0.3) is 0 Å². The van der Waals surface area contributed by atoms with Crippen molar-refractivity contribution in [2.45, 2.75) is 65.2 Å². The first-order valence-corrected chi connectivity index (χ1v) is 19.4. The van der Waals surface area contributed by atoms with Crippen molar-refractivity contribution in [1.82, 2.24) is 0 Å². The molecule has 6 aliphatic carbocycles.